The van der Waals surface area contributed by atoms with E-state index in [2.05, 4.69) is 5.32 Å². The van der Waals surface area contributed by atoms with E-state index in [-0.39, 0.29) is 11.3 Å². The van der Waals surface area contributed by atoms with Gasteiger partial charge in [0.2, 0.25) is 0 Å². The molecule has 1 aliphatic carbocycles. The maximum atomic E-state index is 13.2. The van der Waals surface area contributed by atoms with Crippen LogP contribution in [-0.2, 0) is 4.74 Å². The minimum atomic E-state index is 0.0998. The van der Waals surface area contributed by atoms with Crippen molar-refractivity contribution in [2.45, 2.75) is 32.3 Å². The molecule has 1 aliphatic heterocycles. The lowest BCUT2D eigenvalue weighted by molar-refractivity contribution is -0.0707. The van der Waals surface area contributed by atoms with Crippen LogP contribution < -0.4 is 10.1 Å². The topological polar surface area (TPSA) is 50.8 Å². The summed E-state index contributed by atoms with van der Waals surface area (Å²) in [6.07, 6.45) is 3.61. The summed E-state index contributed by atoms with van der Waals surface area (Å²) in [6.45, 7) is 4.47. The van der Waals surface area contributed by atoms with Gasteiger partial charge in [-0.2, -0.15) is 0 Å². The van der Waals surface area contributed by atoms with Crippen molar-refractivity contribution in [3.63, 3.8) is 0 Å². The van der Waals surface area contributed by atoms with Gasteiger partial charge in [-0.05, 0) is 55.9 Å². The van der Waals surface area contributed by atoms with Crippen LogP contribution in [0.4, 0.5) is 11.4 Å². The molecule has 0 bridgehead atoms. The van der Waals surface area contributed by atoms with E-state index in [1.165, 1.54) is 0 Å². The summed E-state index contributed by atoms with van der Waals surface area (Å²) in [5.74, 6) is 0.881. The number of nitrogens with zero attached hydrogens (tertiary/aromatic N) is 1. The lowest BCUT2D eigenvalue weighted by atomic mass is 9.66. The van der Waals surface area contributed by atoms with Crippen molar-refractivity contribution in [3.05, 3.63) is 54.1 Å². The number of anilines is 2. The molecule has 1 N–H and O–H groups in total. The fourth-order valence-electron chi connectivity index (χ4n) is 4.51. The Morgan fingerprint density at radius 2 is 2.04 bits per heavy atom. The molecule has 1 spiro atoms. The smallest absolute Gasteiger partial charge is 0.255 e. The van der Waals surface area contributed by atoms with Crippen LogP contribution in [0.1, 0.15) is 36.5 Å². The predicted octanol–water partition coefficient (Wildman–Crippen LogP) is 4.47. The molecule has 2 aromatic carbocycles. The van der Waals surface area contributed by atoms with Crippen LogP contribution in [0.25, 0.3) is 0 Å². The van der Waals surface area contributed by atoms with E-state index in [9.17, 15) is 4.79 Å². The number of rotatable bonds is 6. The monoisotopic (exact) mass is 380 g/mol. The van der Waals surface area contributed by atoms with Crippen LogP contribution in [0, 0.1) is 5.41 Å². The molecule has 1 heterocycles. The molecule has 28 heavy (non-hydrogen) atoms. The number of amides is 1. The first-order valence-corrected chi connectivity index (χ1v) is 10.0. The molecule has 4 rings (SSSR count). The number of likely N-dealkylation sites (tertiary alicyclic amines) is 1. The maximum Gasteiger partial charge on any atom is 0.255 e. The van der Waals surface area contributed by atoms with Crippen molar-refractivity contribution in [2.24, 2.45) is 5.41 Å². The lowest BCUT2D eigenvalue weighted by Crippen LogP contribution is -2.45. The van der Waals surface area contributed by atoms with Gasteiger partial charge >= 0.3 is 0 Å². The molecule has 1 saturated heterocycles. The van der Waals surface area contributed by atoms with Crippen LogP contribution >= 0.6 is 0 Å². The molecular weight excluding hydrogens is 352 g/mol. The first-order valence-electron chi connectivity index (χ1n) is 10.0. The number of para-hydroxylation sites is 1. The summed E-state index contributed by atoms with van der Waals surface area (Å²) >= 11 is 0. The number of nitrogens with one attached hydrogen (secondary N) is 1. The molecule has 148 valence electrons. The van der Waals surface area contributed by atoms with E-state index in [1.54, 1.807) is 7.11 Å². The van der Waals surface area contributed by atoms with E-state index in [0.717, 1.165) is 56.1 Å². The van der Waals surface area contributed by atoms with Crippen LogP contribution in [0.3, 0.4) is 0 Å². The van der Waals surface area contributed by atoms with Crippen molar-refractivity contribution < 1.29 is 14.3 Å². The number of hydrogen-bond donors (Lipinski definition) is 1. The Kier molecular flexibility index (Phi) is 5.27. The van der Waals surface area contributed by atoms with Gasteiger partial charge in [0.15, 0.2) is 0 Å². The second kappa shape index (κ2) is 7.84. The molecule has 0 radical (unpaired) electrons. The Morgan fingerprint density at radius 1 is 1.21 bits per heavy atom. The molecule has 0 unspecified atom stereocenters. The van der Waals surface area contributed by atoms with Gasteiger partial charge in [0.25, 0.3) is 5.91 Å². The predicted molar refractivity (Wildman–Crippen MR) is 110 cm³/mol. The number of benzene rings is 2. The van der Waals surface area contributed by atoms with E-state index in [0.29, 0.717) is 11.7 Å². The zero-order valence-electron chi connectivity index (χ0n) is 16.6. The standard InChI is InChI=1S/C23H28N2O3/c1-3-28-19-14-23(15-19)11-12-25(16-23)22(26)20-9-4-5-10-21(20)24-17-7-6-8-18(13-17)27-2/h4-10,13,19,24H,3,11-12,14-16H2,1-2H3. The van der Waals surface area contributed by atoms with Crippen molar-refractivity contribution in [1.82, 2.24) is 4.90 Å². The third kappa shape index (κ3) is 3.72. The molecule has 5 nitrogen and oxygen atoms in total. The summed E-state index contributed by atoms with van der Waals surface area (Å²) < 4.78 is 11.0. The fraction of sp³-hybridized carbons (Fsp3) is 0.435. The summed E-state index contributed by atoms with van der Waals surface area (Å²) in [5.41, 5.74) is 2.70. The van der Waals surface area contributed by atoms with Gasteiger partial charge in [0.05, 0.1) is 24.5 Å². The quantitative estimate of drug-likeness (QED) is 0.803. The zero-order chi connectivity index (χ0) is 19.6. The second-order valence-electron chi connectivity index (χ2n) is 7.86. The van der Waals surface area contributed by atoms with Crippen LogP contribution in [-0.4, -0.2) is 43.7 Å². The first kappa shape index (κ1) is 18.8. The van der Waals surface area contributed by atoms with Gasteiger partial charge in [0, 0.05) is 31.5 Å². The number of carbonyl (C=O) groups is 1. The highest BCUT2D eigenvalue weighted by molar-refractivity contribution is 6.00. The number of carbonyl (C=O) groups excluding carboxylic acids is 1. The summed E-state index contributed by atoms with van der Waals surface area (Å²) in [5, 5.41) is 3.38. The van der Waals surface area contributed by atoms with Crippen molar-refractivity contribution >= 4 is 17.3 Å². The van der Waals surface area contributed by atoms with E-state index in [1.807, 2.05) is 60.4 Å². The minimum Gasteiger partial charge on any atom is -0.497 e. The average Bonchev–Trinajstić information content (AvgIpc) is 3.14. The van der Waals surface area contributed by atoms with E-state index >= 15 is 0 Å². The van der Waals surface area contributed by atoms with Crippen LogP contribution in [0.5, 0.6) is 5.75 Å². The van der Waals surface area contributed by atoms with Crippen molar-refractivity contribution in [2.75, 3.05) is 32.1 Å². The molecule has 1 amide bonds. The van der Waals surface area contributed by atoms with E-state index < -0.39 is 0 Å². The largest absolute Gasteiger partial charge is 0.497 e. The highest BCUT2D eigenvalue weighted by Gasteiger charge is 2.49. The summed E-state index contributed by atoms with van der Waals surface area (Å²) in [6, 6.07) is 15.5. The van der Waals surface area contributed by atoms with Gasteiger partial charge in [0.1, 0.15) is 5.75 Å². The summed E-state index contributed by atoms with van der Waals surface area (Å²) in [7, 11) is 1.65. The molecule has 0 atom stereocenters. The van der Waals surface area contributed by atoms with Crippen molar-refractivity contribution in [3.8, 4) is 5.75 Å². The number of ether oxygens (including phenoxy) is 2. The molecule has 5 heteroatoms. The Labute approximate surface area is 166 Å². The highest BCUT2D eigenvalue weighted by atomic mass is 16.5. The normalized spacial score (nSPS) is 23.5. The molecule has 2 aliphatic rings. The second-order valence-corrected chi connectivity index (χ2v) is 7.86. The Hall–Kier alpha value is -2.53. The maximum absolute atomic E-state index is 13.2. The Balaban J connectivity index is 1.47. The van der Waals surface area contributed by atoms with Gasteiger partial charge < -0.3 is 19.7 Å². The molecular formula is C23H28N2O3. The van der Waals surface area contributed by atoms with Gasteiger partial charge in [-0.3, -0.25) is 4.79 Å². The van der Waals surface area contributed by atoms with Crippen molar-refractivity contribution in [1.29, 1.82) is 0 Å². The van der Waals surface area contributed by atoms with E-state index in [4.69, 9.17) is 9.47 Å². The molecule has 2 fully saturated rings. The Morgan fingerprint density at radius 3 is 2.82 bits per heavy atom. The number of methoxy groups -OCH3 is 1. The number of hydrogen-bond acceptors (Lipinski definition) is 4. The third-order valence-electron chi connectivity index (χ3n) is 5.96. The third-order valence-corrected chi connectivity index (χ3v) is 5.96. The van der Waals surface area contributed by atoms with Gasteiger partial charge in [-0.15, -0.1) is 0 Å². The van der Waals surface area contributed by atoms with Gasteiger partial charge in [-0.1, -0.05) is 18.2 Å². The highest BCUT2D eigenvalue weighted by Crippen LogP contribution is 2.49. The molecule has 0 aromatic heterocycles. The minimum absolute atomic E-state index is 0.0998. The van der Waals surface area contributed by atoms with Crippen LogP contribution in [0.15, 0.2) is 48.5 Å². The first-order chi connectivity index (χ1) is 13.6. The SMILES string of the molecule is CCOC1CC2(CCN(C(=O)c3ccccc3Nc3cccc(OC)c3)C2)C1. The average molecular weight is 380 g/mol. The summed E-state index contributed by atoms with van der Waals surface area (Å²) in [4.78, 5) is 15.3. The lowest BCUT2D eigenvalue weighted by Gasteiger charge is -2.44. The van der Waals surface area contributed by atoms with Gasteiger partial charge in [-0.25, -0.2) is 0 Å². The molecule has 2 aromatic rings. The Bertz CT molecular complexity index is 845. The molecule has 1 saturated carbocycles. The fourth-order valence-corrected chi connectivity index (χ4v) is 4.51. The van der Waals surface area contributed by atoms with Crippen LogP contribution in [0.2, 0.25) is 0 Å². The zero-order valence-corrected chi connectivity index (χ0v) is 16.6.